The van der Waals surface area contributed by atoms with Crippen LogP contribution in [0.5, 0.6) is 0 Å². The van der Waals surface area contributed by atoms with Crippen molar-refractivity contribution in [2.45, 2.75) is 32.9 Å². The molecule has 0 aliphatic rings. The van der Waals surface area contributed by atoms with Crippen LogP contribution in [0.25, 0.3) is 0 Å². The molecular formula is C12H21N4O2. The van der Waals surface area contributed by atoms with Gasteiger partial charge in [-0.1, -0.05) is 0 Å². The molecule has 0 atom stereocenters. The Kier molecular flexibility index (Phi) is 6.38. The molecule has 1 aromatic rings. The highest BCUT2D eigenvalue weighted by molar-refractivity contribution is 5.89. The van der Waals surface area contributed by atoms with Crippen molar-refractivity contribution in [1.29, 1.82) is 0 Å². The first kappa shape index (κ1) is 14.7. The van der Waals surface area contributed by atoms with Crippen molar-refractivity contribution in [3.63, 3.8) is 0 Å². The molecule has 0 spiro atoms. The maximum atomic E-state index is 11.0. The summed E-state index contributed by atoms with van der Waals surface area (Å²) < 4.78 is 7.12. The second kappa shape index (κ2) is 7.84. The second-order valence-corrected chi connectivity index (χ2v) is 4.27. The van der Waals surface area contributed by atoms with Crippen LogP contribution in [0.2, 0.25) is 0 Å². The summed E-state index contributed by atoms with van der Waals surface area (Å²) in [6, 6.07) is 0. The molecule has 1 radical (unpaired) electrons. The number of rotatable bonds is 9. The molecular weight excluding hydrogens is 232 g/mol. The Morgan fingerprint density at radius 2 is 2.39 bits per heavy atom. The number of nitrogens with one attached hydrogen (secondary N) is 1. The number of nitrogens with zero attached hydrogens (tertiary/aromatic N) is 2. The standard InChI is InChI=1S/C12H21N4O2/c1-10(2)18-9-3-4-14-5-7-16-8-6-15-12(16)11(13)17/h8,10,14H,3-5,7,9H2,1-2H3,(H2,13,17). The lowest BCUT2D eigenvalue weighted by molar-refractivity contribution is 0.0771. The topological polar surface area (TPSA) is 82.2 Å². The molecule has 0 saturated carbocycles. The van der Waals surface area contributed by atoms with Gasteiger partial charge in [0.25, 0.3) is 5.91 Å². The number of carbonyl (C=O) groups excluding carboxylic acids is 1. The first-order chi connectivity index (χ1) is 8.61. The Balaban J connectivity index is 2.11. The van der Waals surface area contributed by atoms with Crippen LogP contribution in [0.3, 0.4) is 0 Å². The van der Waals surface area contributed by atoms with Gasteiger partial charge < -0.3 is 20.4 Å². The van der Waals surface area contributed by atoms with Crippen molar-refractivity contribution in [3.05, 3.63) is 18.2 Å². The molecule has 0 fully saturated rings. The highest BCUT2D eigenvalue weighted by Crippen LogP contribution is 1.95. The van der Waals surface area contributed by atoms with Crippen LogP contribution in [0.1, 0.15) is 30.9 Å². The van der Waals surface area contributed by atoms with Gasteiger partial charge in [0.1, 0.15) is 6.20 Å². The van der Waals surface area contributed by atoms with Gasteiger partial charge in [-0.05, 0) is 26.8 Å². The summed E-state index contributed by atoms with van der Waals surface area (Å²) in [5.74, 6) is -0.276. The first-order valence-electron chi connectivity index (χ1n) is 6.16. The maximum absolute atomic E-state index is 11.0. The number of amides is 1. The van der Waals surface area contributed by atoms with E-state index in [1.165, 1.54) is 0 Å². The number of primary amides is 1. The van der Waals surface area contributed by atoms with Crippen LogP contribution in [-0.2, 0) is 11.3 Å². The highest BCUT2D eigenvalue weighted by atomic mass is 16.5. The SMILES string of the molecule is CC(C)OCCCNCCn1c[c]nc1C(N)=O. The Hall–Kier alpha value is -1.40. The number of carbonyl (C=O) groups is 1. The first-order valence-corrected chi connectivity index (χ1v) is 6.16. The van der Waals surface area contributed by atoms with Gasteiger partial charge >= 0.3 is 0 Å². The molecule has 6 nitrogen and oxygen atoms in total. The average molecular weight is 253 g/mol. The quantitative estimate of drug-likeness (QED) is 0.615. The number of hydrogen-bond acceptors (Lipinski definition) is 4. The van der Waals surface area contributed by atoms with Gasteiger partial charge in [0.15, 0.2) is 5.82 Å². The lowest BCUT2D eigenvalue weighted by atomic mass is 10.4. The zero-order chi connectivity index (χ0) is 13.4. The van der Waals surface area contributed by atoms with Crippen LogP contribution in [0.15, 0.2) is 6.20 Å². The smallest absolute Gasteiger partial charge is 0.284 e. The lowest BCUT2D eigenvalue weighted by Gasteiger charge is -2.09. The average Bonchev–Trinajstić information content (AvgIpc) is 2.75. The third-order valence-electron chi connectivity index (χ3n) is 2.36. The minimum Gasteiger partial charge on any atom is -0.379 e. The Bertz CT molecular complexity index is 363. The van der Waals surface area contributed by atoms with E-state index in [4.69, 9.17) is 10.5 Å². The molecule has 0 aliphatic carbocycles. The van der Waals surface area contributed by atoms with Crippen LogP contribution < -0.4 is 11.1 Å². The maximum Gasteiger partial charge on any atom is 0.284 e. The van der Waals surface area contributed by atoms with E-state index in [1.54, 1.807) is 10.8 Å². The Labute approximate surface area is 108 Å². The van der Waals surface area contributed by atoms with Crippen molar-refractivity contribution in [1.82, 2.24) is 14.9 Å². The van der Waals surface area contributed by atoms with E-state index < -0.39 is 5.91 Å². The van der Waals surface area contributed by atoms with Crippen LogP contribution >= 0.6 is 0 Å². The Morgan fingerprint density at radius 1 is 1.61 bits per heavy atom. The molecule has 1 rings (SSSR count). The van der Waals surface area contributed by atoms with Crippen molar-refractivity contribution in [2.75, 3.05) is 19.7 Å². The molecule has 0 aliphatic heterocycles. The molecule has 101 valence electrons. The van der Waals surface area contributed by atoms with Gasteiger partial charge in [-0.3, -0.25) is 4.79 Å². The van der Waals surface area contributed by atoms with E-state index in [0.717, 1.165) is 26.1 Å². The normalized spacial score (nSPS) is 11.1. The fraction of sp³-hybridized carbons (Fsp3) is 0.667. The molecule has 1 amide bonds. The molecule has 3 N–H and O–H groups in total. The zero-order valence-electron chi connectivity index (χ0n) is 11.0. The van der Waals surface area contributed by atoms with E-state index in [2.05, 4.69) is 16.5 Å². The van der Waals surface area contributed by atoms with Crippen molar-refractivity contribution in [3.8, 4) is 0 Å². The predicted molar refractivity (Wildman–Crippen MR) is 68.2 cm³/mol. The van der Waals surface area contributed by atoms with Gasteiger partial charge in [0.05, 0.1) is 6.10 Å². The number of imidazole rings is 1. The number of aromatic nitrogens is 2. The summed E-state index contributed by atoms with van der Waals surface area (Å²) in [6.45, 7) is 7.10. The lowest BCUT2D eigenvalue weighted by Crippen LogP contribution is -2.25. The molecule has 18 heavy (non-hydrogen) atoms. The summed E-state index contributed by atoms with van der Waals surface area (Å²) >= 11 is 0. The fourth-order valence-corrected chi connectivity index (χ4v) is 1.49. The second-order valence-electron chi connectivity index (χ2n) is 4.27. The zero-order valence-corrected chi connectivity index (χ0v) is 11.0. The van der Waals surface area contributed by atoms with E-state index in [0.29, 0.717) is 6.54 Å². The third-order valence-corrected chi connectivity index (χ3v) is 2.36. The van der Waals surface area contributed by atoms with Gasteiger partial charge in [-0.2, -0.15) is 0 Å². The van der Waals surface area contributed by atoms with Gasteiger partial charge in [0.2, 0.25) is 0 Å². The molecule has 0 saturated heterocycles. The highest BCUT2D eigenvalue weighted by Gasteiger charge is 2.07. The van der Waals surface area contributed by atoms with Crippen LogP contribution in [0, 0.1) is 6.20 Å². The summed E-state index contributed by atoms with van der Waals surface area (Å²) in [4.78, 5) is 14.8. The number of nitrogens with two attached hydrogens (primary N) is 1. The van der Waals surface area contributed by atoms with Crippen molar-refractivity contribution in [2.24, 2.45) is 5.73 Å². The van der Waals surface area contributed by atoms with E-state index in [-0.39, 0.29) is 11.9 Å². The van der Waals surface area contributed by atoms with Gasteiger partial charge in [0, 0.05) is 25.9 Å². The predicted octanol–water partition coefficient (Wildman–Crippen LogP) is 0.187. The molecule has 1 aromatic heterocycles. The molecule has 6 heteroatoms. The molecule has 0 bridgehead atoms. The fourth-order valence-electron chi connectivity index (χ4n) is 1.49. The minimum atomic E-state index is -0.526. The van der Waals surface area contributed by atoms with Crippen molar-refractivity contribution < 1.29 is 9.53 Å². The largest absolute Gasteiger partial charge is 0.379 e. The van der Waals surface area contributed by atoms with E-state index in [1.807, 2.05) is 13.8 Å². The van der Waals surface area contributed by atoms with Gasteiger partial charge in [-0.15, -0.1) is 0 Å². The van der Waals surface area contributed by atoms with Crippen LogP contribution in [0.4, 0.5) is 0 Å². The summed E-state index contributed by atoms with van der Waals surface area (Å²) in [5.41, 5.74) is 5.18. The van der Waals surface area contributed by atoms with E-state index >= 15 is 0 Å². The molecule has 1 heterocycles. The summed E-state index contributed by atoms with van der Waals surface area (Å²) in [5, 5.41) is 3.27. The summed E-state index contributed by atoms with van der Waals surface area (Å²) in [7, 11) is 0. The third kappa shape index (κ3) is 5.29. The van der Waals surface area contributed by atoms with Crippen LogP contribution in [-0.4, -0.2) is 41.3 Å². The Morgan fingerprint density at radius 3 is 3.06 bits per heavy atom. The van der Waals surface area contributed by atoms with E-state index in [9.17, 15) is 4.79 Å². The number of hydrogen-bond donors (Lipinski definition) is 2. The molecule has 0 unspecified atom stereocenters. The van der Waals surface area contributed by atoms with Crippen molar-refractivity contribution >= 4 is 5.91 Å². The molecule has 0 aromatic carbocycles. The minimum absolute atomic E-state index is 0.250. The number of ether oxygens (including phenoxy) is 1. The monoisotopic (exact) mass is 253 g/mol. The summed E-state index contributed by atoms with van der Waals surface area (Å²) in [6.07, 6.45) is 5.50. The van der Waals surface area contributed by atoms with Gasteiger partial charge in [-0.25, -0.2) is 4.98 Å².